The van der Waals surface area contributed by atoms with Gasteiger partial charge < -0.3 is 0 Å². The van der Waals surface area contributed by atoms with E-state index in [-0.39, 0.29) is 0 Å². The lowest BCUT2D eigenvalue weighted by Crippen LogP contribution is -2.09. The first-order chi connectivity index (χ1) is 5.72. The van der Waals surface area contributed by atoms with Crippen LogP contribution < -0.4 is 0 Å². The van der Waals surface area contributed by atoms with Crippen LogP contribution in [0.2, 0.25) is 0 Å². The summed E-state index contributed by atoms with van der Waals surface area (Å²) in [7, 11) is 0. The zero-order chi connectivity index (χ0) is 8.72. The van der Waals surface area contributed by atoms with Crippen molar-refractivity contribution >= 4 is 0 Å². The minimum atomic E-state index is 1.02. The molecule has 5 atom stereocenters. The second-order valence-corrected chi connectivity index (χ2v) is 5.29. The van der Waals surface area contributed by atoms with Crippen molar-refractivity contribution in [3.8, 4) is 0 Å². The van der Waals surface area contributed by atoms with Crippen molar-refractivity contribution in [2.45, 2.75) is 46.5 Å². The molecule has 0 aromatic rings. The van der Waals surface area contributed by atoms with Gasteiger partial charge in [-0.05, 0) is 48.9 Å². The monoisotopic (exact) mass is 166 g/mol. The van der Waals surface area contributed by atoms with Crippen LogP contribution in [-0.4, -0.2) is 0 Å². The van der Waals surface area contributed by atoms with E-state index in [0.29, 0.717) is 0 Å². The Bertz CT molecular complexity index is 161. The van der Waals surface area contributed by atoms with E-state index in [1.807, 2.05) is 0 Å². The van der Waals surface area contributed by atoms with Gasteiger partial charge in [-0.2, -0.15) is 0 Å². The largest absolute Gasteiger partial charge is 0.0651 e. The molecule has 0 aromatic heterocycles. The number of fused-ring (bicyclic) bond motifs is 1. The van der Waals surface area contributed by atoms with E-state index in [4.69, 9.17) is 0 Å². The van der Waals surface area contributed by atoms with Crippen LogP contribution in [0.4, 0.5) is 0 Å². The second kappa shape index (κ2) is 3.05. The molecule has 2 aliphatic rings. The van der Waals surface area contributed by atoms with E-state index in [1.165, 1.54) is 25.7 Å². The highest BCUT2D eigenvalue weighted by atomic mass is 14.5. The Kier molecular flexibility index (Phi) is 2.18. The van der Waals surface area contributed by atoms with Gasteiger partial charge in [0.05, 0.1) is 0 Å². The van der Waals surface area contributed by atoms with Gasteiger partial charge in [-0.15, -0.1) is 0 Å². The van der Waals surface area contributed by atoms with Gasteiger partial charge in [-0.3, -0.25) is 0 Å². The summed E-state index contributed by atoms with van der Waals surface area (Å²) in [6, 6.07) is 0. The average molecular weight is 166 g/mol. The molecular weight excluding hydrogens is 144 g/mol. The van der Waals surface area contributed by atoms with Crippen molar-refractivity contribution in [3.05, 3.63) is 0 Å². The number of rotatable bonds is 1. The lowest BCUT2D eigenvalue weighted by Gasteiger charge is -2.16. The molecule has 0 heteroatoms. The smallest absolute Gasteiger partial charge is 0.0352 e. The summed E-state index contributed by atoms with van der Waals surface area (Å²) >= 11 is 0. The predicted molar refractivity (Wildman–Crippen MR) is 52.9 cm³/mol. The fourth-order valence-corrected chi connectivity index (χ4v) is 3.87. The molecule has 70 valence electrons. The summed E-state index contributed by atoms with van der Waals surface area (Å²) in [6.45, 7) is 7.30. The lowest BCUT2D eigenvalue weighted by molar-refractivity contribution is 0.332. The van der Waals surface area contributed by atoms with Gasteiger partial charge in [0.25, 0.3) is 0 Å². The van der Waals surface area contributed by atoms with Crippen molar-refractivity contribution in [1.29, 1.82) is 0 Å². The minimum Gasteiger partial charge on any atom is -0.0651 e. The molecule has 2 rings (SSSR count). The van der Waals surface area contributed by atoms with Gasteiger partial charge in [0.15, 0.2) is 0 Å². The maximum absolute atomic E-state index is 2.48. The SMILES string of the molecule is CCC1CC(C)C2CC(C)CC12. The zero-order valence-electron chi connectivity index (χ0n) is 8.72. The molecule has 0 heterocycles. The van der Waals surface area contributed by atoms with Crippen molar-refractivity contribution in [2.24, 2.45) is 29.6 Å². The molecule has 0 N–H and O–H groups in total. The molecule has 0 aromatic carbocycles. The Morgan fingerprint density at radius 1 is 1.00 bits per heavy atom. The lowest BCUT2D eigenvalue weighted by atomic mass is 9.89. The molecule has 0 saturated heterocycles. The Hall–Kier alpha value is 0. The van der Waals surface area contributed by atoms with Crippen LogP contribution in [0.1, 0.15) is 46.5 Å². The molecule has 0 nitrogen and oxygen atoms in total. The number of hydrogen-bond donors (Lipinski definition) is 0. The third-order valence-electron chi connectivity index (χ3n) is 4.43. The average Bonchev–Trinajstić information content (AvgIpc) is 2.52. The minimum absolute atomic E-state index is 1.02. The fraction of sp³-hybridized carbons (Fsp3) is 1.00. The fourth-order valence-electron chi connectivity index (χ4n) is 3.87. The summed E-state index contributed by atoms with van der Waals surface area (Å²) in [4.78, 5) is 0. The van der Waals surface area contributed by atoms with Gasteiger partial charge in [-0.1, -0.05) is 27.2 Å². The molecule has 0 amide bonds. The Morgan fingerprint density at radius 2 is 1.67 bits per heavy atom. The number of hydrogen-bond acceptors (Lipinski definition) is 0. The standard InChI is InChI=1S/C12H22/c1-4-10-7-9(3)11-5-8(2)6-12(10)11/h8-12H,4-7H2,1-3H3. The second-order valence-electron chi connectivity index (χ2n) is 5.29. The van der Waals surface area contributed by atoms with E-state index < -0.39 is 0 Å². The first-order valence-corrected chi connectivity index (χ1v) is 5.72. The van der Waals surface area contributed by atoms with Gasteiger partial charge in [-0.25, -0.2) is 0 Å². The first-order valence-electron chi connectivity index (χ1n) is 5.72. The quantitative estimate of drug-likeness (QED) is 0.557. The van der Waals surface area contributed by atoms with Crippen molar-refractivity contribution in [3.63, 3.8) is 0 Å². The van der Waals surface area contributed by atoms with Gasteiger partial charge in [0.2, 0.25) is 0 Å². The van der Waals surface area contributed by atoms with Crippen LogP contribution in [0.5, 0.6) is 0 Å². The van der Waals surface area contributed by atoms with Crippen molar-refractivity contribution in [2.75, 3.05) is 0 Å². The van der Waals surface area contributed by atoms with Crippen molar-refractivity contribution < 1.29 is 0 Å². The highest BCUT2D eigenvalue weighted by Gasteiger charge is 2.44. The highest BCUT2D eigenvalue weighted by Crippen LogP contribution is 2.53. The molecule has 5 unspecified atom stereocenters. The van der Waals surface area contributed by atoms with E-state index >= 15 is 0 Å². The molecule has 0 radical (unpaired) electrons. The Labute approximate surface area is 76.7 Å². The first kappa shape index (κ1) is 8.59. The summed E-state index contributed by atoms with van der Waals surface area (Å²) < 4.78 is 0. The zero-order valence-corrected chi connectivity index (χ0v) is 8.72. The molecule has 0 bridgehead atoms. The van der Waals surface area contributed by atoms with Gasteiger partial charge >= 0.3 is 0 Å². The van der Waals surface area contributed by atoms with Gasteiger partial charge in [0.1, 0.15) is 0 Å². The van der Waals surface area contributed by atoms with E-state index in [9.17, 15) is 0 Å². The summed E-state index contributed by atoms with van der Waals surface area (Å²) in [5.74, 6) is 5.35. The predicted octanol–water partition coefficient (Wildman–Crippen LogP) is 3.71. The highest BCUT2D eigenvalue weighted by molar-refractivity contribution is 4.94. The maximum Gasteiger partial charge on any atom is -0.0352 e. The molecule has 0 spiro atoms. The molecule has 12 heavy (non-hydrogen) atoms. The third kappa shape index (κ3) is 1.20. The summed E-state index contributed by atoms with van der Waals surface area (Å²) in [5, 5.41) is 0. The van der Waals surface area contributed by atoms with E-state index in [2.05, 4.69) is 20.8 Å². The van der Waals surface area contributed by atoms with Crippen LogP contribution >= 0.6 is 0 Å². The maximum atomic E-state index is 2.48. The normalized spacial score (nSPS) is 52.8. The van der Waals surface area contributed by atoms with Crippen LogP contribution in [0.15, 0.2) is 0 Å². The Morgan fingerprint density at radius 3 is 2.33 bits per heavy atom. The van der Waals surface area contributed by atoms with Crippen LogP contribution in [0, 0.1) is 29.6 Å². The third-order valence-corrected chi connectivity index (χ3v) is 4.43. The summed E-state index contributed by atoms with van der Waals surface area (Å²) in [6.07, 6.45) is 6.02. The topological polar surface area (TPSA) is 0 Å². The summed E-state index contributed by atoms with van der Waals surface area (Å²) in [5.41, 5.74) is 0. The van der Waals surface area contributed by atoms with Crippen LogP contribution in [-0.2, 0) is 0 Å². The van der Waals surface area contributed by atoms with Gasteiger partial charge in [0, 0.05) is 0 Å². The van der Waals surface area contributed by atoms with E-state index in [1.54, 1.807) is 0 Å². The molecule has 2 aliphatic carbocycles. The van der Waals surface area contributed by atoms with Crippen LogP contribution in [0.25, 0.3) is 0 Å². The molecule has 2 saturated carbocycles. The van der Waals surface area contributed by atoms with Crippen molar-refractivity contribution in [1.82, 2.24) is 0 Å². The van der Waals surface area contributed by atoms with E-state index in [0.717, 1.165) is 29.6 Å². The Balaban J connectivity index is 2.08. The molecule has 2 fully saturated rings. The molecule has 0 aliphatic heterocycles. The molecular formula is C12H22. The van der Waals surface area contributed by atoms with Crippen LogP contribution in [0.3, 0.4) is 0 Å².